The van der Waals surface area contributed by atoms with Crippen LogP contribution in [0.3, 0.4) is 0 Å². The molecule has 0 fully saturated rings. The van der Waals surface area contributed by atoms with Crippen LogP contribution in [-0.2, 0) is 27.5 Å². The Bertz CT molecular complexity index is 1080. The maximum atomic E-state index is 14.1. The fourth-order valence-corrected chi connectivity index (χ4v) is 4.78. The predicted octanol–water partition coefficient (Wildman–Crippen LogP) is 3.69. The van der Waals surface area contributed by atoms with Gasteiger partial charge in [0.2, 0.25) is 10.0 Å². The molecule has 0 bridgehead atoms. The smallest absolute Gasteiger partial charge is 0.416 e. The Balaban J connectivity index is 2.69. The number of aromatic nitrogens is 1. The van der Waals surface area contributed by atoms with E-state index in [2.05, 4.69) is 20.9 Å². The summed E-state index contributed by atoms with van der Waals surface area (Å²) in [4.78, 5) is 12.6. The molecular weight excluding hydrogens is 517 g/mol. The van der Waals surface area contributed by atoms with Crippen LogP contribution >= 0.6 is 15.9 Å². The van der Waals surface area contributed by atoms with Crippen LogP contribution in [0.15, 0.2) is 27.8 Å². The number of hydrogen-bond donors (Lipinski definition) is 1. The molecule has 0 unspecified atom stereocenters. The number of sulfonamides is 1. The Morgan fingerprint density at radius 3 is 2.20 bits per heavy atom. The van der Waals surface area contributed by atoms with Gasteiger partial charge in [0.1, 0.15) is 11.4 Å². The summed E-state index contributed by atoms with van der Waals surface area (Å²) in [5.74, 6) is -11.3. The molecule has 0 spiro atoms. The second-order valence-corrected chi connectivity index (χ2v) is 8.26. The van der Waals surface area contributed by atoms with E-state index in [1.165, 1.54) is 0 Å². The quantitative estimate of drug-likeness (QED) is 0.353. The average Bonchev–Trinajstić information content (AvgIpc) is 2.63. The minimum Gasteiger partial charge on any atom is -0.480 e. The van der Waals surface area contributed by atoms with Crippen LogP contribution < -0.4 is 0 Å². The van der Waals surface area contributed by atoms with Gasteiger partial charge >= 0.3 is 12.1 Å². The number of benzene rings is 1. The van der Waals surface area contributed by atoms with Gasteiger partial charge in [-0.15, -0.1) is 0 Å². The van der Waals surface area contributed by atoms with Gasteiger partial charge in [-0.1, -0.05) is 0 Å². The first-order valence-electron chi connectivity index (χ1n) is 7.43. The van der Waals surface area contributed by atoms with Gasteiger partial charge in [0, 0.05) is 18.9 Å². The van der Waals surface area contributed by atoms with E-state index in [-0.39, 0.29) is 4.31 Å². The van der Waals surface area contributed by atoms with Gasteiger partial charge in [0.25, 0.3) is 0 Å². The lowest BCUT2D eigenvalue weighted by Crippen LogP contribution is -2.37. The molecular formula is C15H8BrF7N2O4S. The largest absolute Gasteiger partial charge is 0.480 e. The molecule has 0 saturated heterocycles. The van der Waals surface area contributed by atoms with Crippen molar-refractivity contribution in [3.8, 4) is 0 Å². The minimum atomic E-state index is -5.49. The Labute approximate surface area is 172 Å². The lowest BCUT2D eigenvalue weighted by Gasteiger charge is -2.23. The summed E-state index contributed by atoms with van der Waals surface area (Å²) in [6, 6.07) is 0.481. The number of carboxylic acid groups (broad SMARTS) is 1. The molecule has 15 heteroatoms. The van der Waals surface area contributed by atoms with Crippen molar-refractivity contribution in [3.05, 3.63) is 57.3 Å². The average molecular weight is 525 g/mol. The second kappa shape index (κ2) is 8.47. The second-order valence-electron chi connectivity index (χ2n) is 5.60. The molecule has 0 aliphatic heterocycles. The number of alkyl halides is 3. The van der Waals surface area contributed by atoms with Crippen LogP contribution in [0.5, 0.6) is 0 Å². The van der Waals surface area contributed by atoms with Gasteiger partial charge in [-0.05, 0) is 27.6 Å². The Hall–Kier alpha value is -2.26. The van der Waals surface area contributed by atoms with Crippen molar-refractivity contribution in [2.75, 3.05) is 6.54 Å². The van der Waals surface area contributed by atoms with Gasteiger partial charge in [-0.2, -0.15) is 17.5 Å². The van der Waals surface area contributed by atoms with E-state index in [9.17, 15) is 43.9 Å². The third kappa shape index (κ3) is 4.57. The maximum absolute atomic E-state index is 14.1. The van der Waals surface area contributed by atoms with Crippen molar-refractivity contribution >= 4 is 31.9 Å². The minimum absolute atomic E-state index is 0.179. The number of rotatable bonds is 6. The van der Waals surface area contributed by atoms with Crippen LogP contribution in [0, 0.1) is 23.3 Å². The zero-order chi connectivity index (χ0) is 23.0. The highest BCUT2D eigenvalue weighted by atomic mass is 79.9. The summed E-state index contributed by atoms with van der Waals surface area (Å²) in [6.45, 7) is -2.81. The van der Waals surface area contributed by atoms with Crippen molar-refractivity contribution in [3.63, 3.8) is 0 Å². The highest BCUT2D eigenvalue weighted by Crippen LogP contribution is 2.36. The summed E-state index contributed by atoms with van der Waals surface area (Å²) in [5, 5.41) is 8.94. The molecule has 1 N–H and O–H groups in total. The molecule has 164 valence electrons. The third-order valence-corrected chi connectivity index (χ3v) is 6.48. The number of pyridine rings is 1. The van der Waals surface area contributed by atoms with Crippen LogP contribution in [0.25, 0.3) is 0 Å². The van der Waals surface area contributed by atoms with Crippen LogP contribution in [0.4, 0.5) is 30.7 Å². The molecule has 1 aromatic heterocycles. The van der Waals surface area contributed by atoms with E-state index in [4.69, 9.17) is 5.11 Å². The normalized spacial score (nSPS) is 12.4. The fraction of sp³-hybridized carbons (Fsp3) is 0.200. The van der Waals surface area contributed by atoms with Gasteiger partial charge in [0.05, 0.1) is 10.0 Å². The monoisotopic (exact) mass is 524 g/mol. The van der Waals surface area contributed by atoms with Crippen molar-refractivity contribution in [2.45, 2.75) is 17.6 Å². The third-order valence-electron chi connectivity index (χ3n) is 3.63. The maximum Gasteiger partial charge on any atom is 0.416 e. The molecule has 1 aromatic carbocycles. The first-order chi connectivity index (χ1) is 13.7. The number of carbonyl (C=O) groups is 1. The van der Waals surface area contributed by atoms with Gasteiger partial charge in [-0.25, -0.2) is 26.0 Å². The number of halogens is 8. The van der Waals surface area contributed by atoms with Crippen LogP contribution in [0.2, 0.25) is 0 Å². The van der Waals surface area contributed by atoms with Crippen molar-refractivity contribution in [1.82, 2.24) is 9.29 Å². The van der Waals surface area contributed by atoms with Gasteiger partial charge in [-0.3, -0.25) is 9.78 Å². The van der Waals surface area contributed by atoms with E-state index in [0.29, 0.717) is 12.3 Å². The number of aliphatic carboxylic acids is 1. The van der Waals surface area contributed by atoms with Crippen LogP contribution in [0.1, 0.15) is 11.1 Å². The molecule has 6 nitrogen and oxygen atoms in total. The summed E-state index contributed by atoms with van der Waals surface area (Å²) in [6.07, 6.45) is -3.66. The number of hydrogen-bond acceptors (Lipinski definition) is 4. The standard InChI is InChI=1S/C15H8BrF7N2O4S/c16-9-10(17)11(18)12(19)13(20)14(9)30(28,29)25(5-8(26)27)4-6-3-24-2-1-7(6)15(21,22)23/h1-3H,4-5H2,(H,26,27). The van der Waals surface area contributed by atoms with Gasteiger partial charge in [0.15, 0.2) is 23.3 Å². The highest BCUT2D eigenvalue weighted by Gasteiger charge is 2.39. The Morgan fingerprint density at radius 2 is 1.67 bits per heavy atom. The number of nitrogens with zero attached hydrogens (tertiary/aromatic N) is 2. The van der Waals surface area contributed by atoms with E-state index in [0.717, 1.165) is 6.20 Å². The molecule has 0 atom stereocenters. The molecule has 2 rings (SSSR count). The Morgan fingerprint density at radius 1 is 1.10 bits per heavy atom. The molecule has 30 heavy (non-hydrogen) atoms. The highest BCUT2D eigenvalue weighted by molar-refractivity contribution is 9.10. The van der Waals surface area contributed by atoms with Gasteiger partial charge < -0.3 is 5.11 Å². The lowest BCUT2D eigenvalue weighted by atomic mass is 10.1. The van der Waals surface area contributed by atoms with Crippen molar-refractivity contribution < 1.29 is 49.1 Å². The summed E-state index contributed by atoms with van der Waals surface area (Å²) in [7, 11) is -5.49. The summed E-state index contributed by atoms with van der Waals surface area (Å²) >= 11 is 2.25. The van der Waals surface area contributed by atoms with E-state index in [1.54, 1.807) is 0 Å². The van der Waals surface area contributed by atoms with Crippen molar-refractivity contribution in [2.24, 2.45) is 0 Å². The molecule has 0 amide bonds. The molecule has 0 aliphatic rings. The molecule has 2 aromatic rings. The zero-order valence-corrected chi connectivity index (χ0v) is 16.5. The van der Waals surface area contributed by atoms with Crippen LogP contribution in [-0.4, -0.2) is 35.3 Å². The molecule has 0 aliphatic carbocycles. The molecule has 1 heterocycles. The van der Waals surface area contributed by atoms with Crippen molar-refractivity contribution in [1.29, 1.82) is 0 Å². The van der Waals surface area contributed by atoms with E-state index >= 15 is 0 Å². The topological polar surface area (TPSA) is 87.6 Å². The first kappa shape index (κ1) is 24.0. The predicted molar refractivity (Wildman–Crippen MR) is 88.4 cm³/mol. The SMILES string of the molecule is O=C(O)CN(Cc1cnccc1C(F)(F)F)S(=O)(=O)c1c(F)c(F)c(F)c(F)c1Br. The summed E-state index contributed by atoms with van der Waals surface area (Å²) < 4.78 is 118. The molecule has 0 radical (unpaired) electrons. The Kier molecular flexibility index (Phi) is 6.78. The summed E-state index contributed by atoms with van der Waals surface area (Å²) in [5.41, 5.74) is -2.20. The van der Waals surface area contributed by atoms with E-state index in [1.807, 2.05) is 0 Å². The fourth-order valence-electron chi connectivity index (χ4n) is 2.34. The number of carboxylic acids is 1. The lowest BCUT2D eigenvalue weighted by molar-refractivity contribution is -0.138. The first-order valence-corrected chi connectivity index (χ1v) is 9.66. The molecule has 0 saturated carbocycles. The van der Waals surface area contributed by atoms with E-state index < -0.39 is 79.0 Å². The zero-order valence-electron chi connectivity index (χ0n) is 14.1.